The van der Waals surface area contributed by atoms with Crippen molar-refractivity contribution in [1.29, 1.82) is 0 Å². The second kappa shape index (κ2) is 8.89. The van der Waals surface area contributed by atoms with Crippen LogP contribution in [0.5, 0.6) is 0 Å². The first-order valence-electron chi connectivity index (χ1n) is 7.50. The topological polar surface area (TPSA) is 0 Å². The van der Waals surface area contributed by atoms with E-state index < -0.39 is 0 Å². The van der Waals surface area contributed by atoms with Crippen molar-refractivity contribution in [2.45, 2.75) is 69.2 Å². The zero-order valence-corrected chi connectivity index (χ0v) is 18.1. The van der Waals surface area contributed by atoms with E-state index in [1.165, 1.54) is 55.6 Å². The largest absolute Gasteiger partial charge is 3.00 e. The van der Waals surface area contributed by atoms with Crippen LogP contribution in [0.25, 0.3) is 0 Å². The SMILES string of the molecule is Cc1c(C)c(C)[c-](C)c1C.Cc1c(C)c(C)[c-](C)c1C.[CH3-].[Ti+3]. The third-order valence-corrected chi connectivity index (χ3v) is 5.62. The Labute approximate surface area is 153 Å². The molecule has 1 radical (unpaired) electrons. The van der Waals surface area contributed by atoms with Crippen molar-refractivity contribution in [3.05, 3.63) is 63.1 Å². The molecule has 0 aliphatic rings. The summed E-state index contributed by atoms with van der Waals surface area (Å²) in [4.78, 5) is 0. The van der Waals surface area contributed by atoms with E-state index in [0.29, 0.717) is 0 Å². The maximum absolute atomic E-state index is 2.20. The van der Waals surface area contributed by atoms with Gasteiger partial charge in [-0.05, 0) is 0 Å². The van der Waals surface area contributed by atoms with Crippen molar-refractivity contribution < 1.29 is 21.7 Å². The Morgan fingerprint density at radius 3 is 0.636 bits per heavy atom. The average Bonchev–Trinajstić information content (AvgIpc) is 2.71. The summed E-state index contributed by atoms with van der Waals surface area (Å²) in [6, 6.07) is 0. The molecule has 0 N–H and O–H groups in total. The van der Waals surface area contributed by atoms with Crippen LogP contribution in [0.2, 0.25) is 0 Å². The molecule has 0 bridgehead atoms. The number of rotatable bonds is 0. The Balaban J connectivity index is 0. The van der Waals surface area contributed by atoms with E-state index in [4.69, 9.17) is 0 Å². The van der Waals surface area contributed by atoms with Gasteiger partial charge in [-0.2, -0.15) is 55.6 Å². The first-order chi connectivity index (χ1) is 9.11. The third-order valence-electron chi connectivity index (χ3n) is 5.62. The molecule has 0 fully saturated rings. The van der Waals surface area contributed by atoms with Gasteiger partial charge in [-0.15, -0.1) is 0 Å². The molecule has 0 atom stereocenters. The van der Waals surface area contributed by atoms with Crippen LogP contribution in [0.15, 0.2) is 0 Å². The first kappa shape index (κ1) is 23.7. The van der Waals surface area contributed by atoms with Crippen LogP contribution in [0.3, 0.4) is 0 Å². The van der Waals surface area contributed by atoms with Crippen molar-refractivity contribution in [3.8, 4) is 0 Å². The summed E-state index contributed by atoms with van der Waals surface area (Å²) in [5, 5.41) is 0. The Kier molecular flexibility index (Phi) is 9.57. The molecule has 0 amide bonds. The van der Waals surface area contributed by atoms with Crippen LogP contribution >= 0.6 is 0 Å². The summed E-state index contributed by atoms with van der Waals surface area (Å²) in [6.45, 7) is 22.0. The van der Waals surface area contributed by atoms with Gasteiger partial charge in [-0.25, -0.2) is 0 Å². The van der Waals surface area contributed by atoms with Crippen LogP contribution in [-0.4, -0.2) is 0 Å². The van der Waals surface area contributed by atoms with Gasteiger partial charge in [0.2, 0.25) is 0 Å². The van der Waals surface area contributed by atoms with Gasteiger partial charge in [0.05, 0.1) is 0 Å². The fourth-order valence-electron chi connectivity index (χ4n) is 2.81. The summed E-state index contributed by atoms with van der Waals surface area (Å²) < 4.78 is 0. The summed E-state index contributed by atoms with van der Waals surface area (Å²) in [5.74, 6) is 0. The molecule has 2 aromatic carbocycles. The number of hydrogen-bond donors (Lipinski definition) is 0. The van der Waals surface area contributed by atoms with E-state index in [1.54, 1.807) is 0 Å². The molecule has 1 heteroatoms. The van der Waals surface area contributed by atoms with Gasteiger partial charge in [-0.3, -0.25) is 0 Å². The fourth-order valence-corrected chi connectivity index (χ4v) is 2.81. The maximum atomic E-state index is 2.20. The van der Waals surface area contributed by atoms with Gasteiger partial charge in [0.15, 0.2) is 0 Å². The third kappa shape index (κ3) is 4.24. The molecule has 0 aromatic heterocycles. The molecule has 0 aliphatic heterocycles. The standard InChI is InChI=1S/2C10H15.CH3.Ti/c2*1-6-7(2)9(4)10(5)8(6)3;;/h2*1-5H3;1H3;/q3*-1;+3. The van der Waals surface area contributed by atoms with Gasteiger partial charge >= 0.3 is 21.7 Å². The van der Waals surface area contributed by atoms with E-state index in [1.807, 2.05) is 0 Å². The molecule has 0 unspecified atom stereocenters. The van der Waals surface area contributed by atoms with Crippen molar-refractivity contribution in [2.75, 3.05) is 0 Å². The molecular weight excluding hydrogens is 300 g/mol. The molecule has 0 nitrogen and oxygen atoms in total. The summed E-state index contributed by atoms with van der Waals surface area (Å²) in [6.07, 6.45) is 0. The summed E-state index contributed by atoms with van der Waals surface area (Å²) in [7, 11) is 0. The van der Waals surface area contributed by atoms with E-state index in [2.05, 4.69) is 69.2 Å². The summed E-state index contributed by atoms with van der Waals surface area (Å²) in [5.41, 5.74) is 14.7. The van der Waals surface area contributed by atoms with E-state index in [0.717, 1.165) is 0 Å². The molecule has 2 rings (SSSR count). The molecule has 2 aromatic rings. The quantitative estimate of drug-likeness (QED) is 0.390. The van der Waals surface area contributed by atoms with Crippen molar-refractivity contribution in [1.82, 2.24) is 0 Å². The Morgan fingerprint density at radius 1 is 0.455 bits per heavy atom. The predicted molar refractivity (Wildman–Crippen MR) is 97.9 cm³/mol. The van der Waals surface area contributed by atoms with Gasteiger partial charge in [0.1, 0.15) is 0 Å². The minimum absolute atomic E-state index is 0. The smallest absolute Gasteiger partial charge is 0.358 e. The Bertz CT molecular complexity index is 404. The van der Waals surface area contributed by atoms with E-state index in [9.17, 15) is 0 Å². The molecule has 0 spiro atoms. The molecule has 0 aliphatic carbocycles. The van der Waals surface area contributed by atoms with Gasteiger partial charge < -0.3 is 7.43 Å². The summed E-state index contributed by atoms with van der Waals surface area (Å²) >= 11 is 0. The predicted octanol–water partition coefficient (Wildman–Crippen LogP) is 6.34. The molecule has 0 heterocycles. The zero-order valence-electron chi connectivity index (χ0n) is 16.5. The average molecular weight is 333 g/mol. The Hall–Kier alpha value is -0.586. The van der Waals surface area contributed by atoms with Gasteiger partial charge in [0, 0.05) is 0 Å². The van der Waals surface area contributed by atoms with Gasteiger partial charge in [-0.1, -0.05) is 69.2 Å². The zero-order chi connectivity index (χ0) is 15.8. The van der Waals surface area contributed by atoms with Crippen molar-refractivity contribution >= 4 is 0 Å². The van der Waals surface area contributed by atoms with E-state index in [-0.39, 0.29) is 29.1 Å². The van der Waals surface area contributed by atoms with Crippen LogP contribution in [-0.2, 0) is 21.7 Å². The number of hydrogen-bond acceptors (Lipinski definition) is 0. The first-order valence-corrected chi connectivity index (χ1v) is 7.50. The maximum Gasteiger partial charge on any atom is 3.00 e. The van der Waals surface area contributed by atoms with Gasteiger partial charge in [0.25, 0.3) is 0 Å². The minimum atomic E-state index is 0. The molecular formula is C21H33Ti. The van der Waals surface area contributed by atoms with Crippen molar-refractivity contribution in [2.24, 2.45) is 0 Å². The van der Waals surface area contributed by atoms with Crippen LogP contribution < -0.4 is 0 Å². The second-order valence-corrected chi connectivity index (χ2v) is 6.25. The van der Waals surface area contributed by atoms with Crippen LogP contribution in [0, 0.1) is 76.7 Å². The Morgan fingerprint density at radius 2 is 0.591 bits per heavy atom. The normalized spacial score (nSPS) is 9.55. The monoisotopic (exact) mass is 333 g/mol. The molecule has 0 saturated heterocycles. The molecule has 22 heavy (non-hydrogen) atoms. The fraction of sp³-hybridized carbons (Fsp3) is 0.476. The molecule has 121 valence electrons. The van der Waals surface area contributed by atoms with Crippen LogP contribution in [0.4, 0.5) is 0 Å². The van der Waals surface area contributed by atoms with E-state index >= 15 is 0 Å². The molecule has 0 saturated carbocycles. The second-order valence-electron chi connectivity index (χ2n) is 6.25. The van der Waals surface area contributed by atoms with Crippen molar-refractivity contribution in [3.63, 3.8) is 0 Å². The minimum Gasteiger partial charge on any atom is -0.358 e. The van der Waals surface area contributed by atoms with Crippen LogP contribution in [0.1, 0.15) is 55.6 Å².